The molecule has 5 aliphatic rings. The maximum absolute atomic E-state index is 13.0. The maximum atomic E-state index is 13.0. The zero-order valence-corrected chi connectivity index (χ0v) is 36.2. The first-order chi connectivity index (χ1) is 28.6. The average Bonchev–Trinajstić information content (AvgIpc) is 3.72. The predicted octanol–water partition coefficient (Wildman–Crippen LogP) is 5.47. The van der Waals surface area contributed by atoms with Crippen molar-refractivity contribution in [3.05, 3.63) is 34.2 Å². The number of hydrogen-bond acceptors (Lipinski definition) is 11. The fourth-order valence-electron chi connectivity index (χ4n) is 11.3. The third-order valence-electron chi connectivity index (χ3n) is 14.9. The van der Waals surface area contributed by atoms with Crippen LogP contribution in [0.25, 0.3) is 0 Å². The molecule has 8 N–H and O–H groups in total. The lowest BCUT2D eigenvalue weighted by Gasteiger charge is -2.48. The first-order valence-electron chi connectivity index (χ1n) is 20.9. The van der Waals surface area contributed by atoms with E-state index in [9.17, 15) is 69.3 Å². The molecule has 338 valence electrons. The standard InChI is InChI=1S/C44H58N4O14/c1-21-37-23(8-11-30(49)50)22(2)43(6,48-37)18-28-24(9-12-31(51)52)41(4,19-35(59)60)29(45-28)17-27-25(10-13-32(53)54)42(5,20-36(61)62)44(7,47-27)39-26(16-34(57)58)40(3,38(21)46-39)15-14-33(55)56/h17,21,25-26,39,47H,8-16,18-20H2,1-7H3,(H,49,50)(H,51,52)(H,53,54)(H,55,56)(H,57,58)(H,59,60)(H,61,62)/t21?,25-,26+,39-,40-,41+,42+,43+,44+/m1/s1. The van der Waals surface area contributed by atoms with E-state index in [4.69, 9.17) is 15.0 Å². The smallest absolute Gasteiger partial charge is 0.304 e. The average molecular weight is 867 g/mol. The van der Waals surface area contributed by atoms with Crippen molar-refractivity contribution in [1.29, 1.82) is 0 Å². The molecule has 0 amide bonds. The van der Waals surface area contributed by atoms with Crippen LogP contribution in [-0.2, 0) is 33.6 Å². The molecular weight excluding hydrogens is 808 g/mol. The molecule has 5 heterocycles. The van der Waals surface area contributed by atoms with E-state index in [1.165, 1.54) is 0 Å². The SMILES string of the molecule is CC1=C(CCC(=O)O)C2=N[C@@]1(C)CC1=C(CCC(=O)O)[C@](C)(CC(=O)O)C(=N1)C=C1N[C@@](C)([C@@H]3N=C(C2C)[C@](C)(CCC(=O)O)[C@H]3CC(=O)O)[C@@](C)(CC(=O)O)[C@@H]1CCC(=O)O. The number of aliphatic carboxylic acids is 7. The van der Waals surface area contributed by atoms with Gasteiger partial charge in [-0.15, -0.1) is 0 Å². The Morgan fingerprint density at radius 3 is 1.89 bits per heavy atom. The Morgan fingerprint density at radius 2 is 1.34 bits per heavy atom. The molecule has 62 heavy (non-hydrogen) atoms. The highest BCUT2D eigenvalue weighted by atomic mass is 16.4. The molecule has 1 unspecified atom stereocenters. The first-order valence-corrected chi connectivity index (χ1v) is 20.9. The third-order valence-corrected chi connectivity index (χ3v) is 14.9. The molecule has 0 radical (unpaired) electrons. The highest BCUT2D eigenvalue weighted by Gasteiger charge is 2.66. The van der Waals surface area contributed by atoms with Gasteiger partial charge in [0.2, 0.25) is 0 Å². The Morgan fingerprint density at radius 1 is 0.758 bits per heavy atom. The molecule has 9 atom stereocenters. The predicted molar refractivity (Wildman–Crippen MR) is 223 cm³/mol. The van der Waals surface area contributed by atoms with Crippen molar-refractivity contribution in [3.63, 3.8) is 0 Å². The number of fused-ring (bicyclic) bond motifs is 6. The highest BCUT2D eigenvalue weighted by molar-refractivity contribution is 6.18. The molecule has 0 aromatic rings. The maximum Gasteiger partial charge on any atom is 0.304 e. The van der Waals surface area contributed by atoms with E-state index < -0.39 is 119 Å². The Hall–Kier alpha value is -5.68. The van der Waals surface area contributed by atoms with Crippen molar-refractivity contribution in [1.82, 2.24) is 5.32 Å². The molecule has 8 bridgehead atoms. The summed E-state index contributed by atoms with van der Waals surface area (Å²) in [4.78, 5) is 103. The molecule has 18 nitrogen and oxygen atoms in total. The summed E-state index contributed by atoms with van der Waals surface area (Å²) in [6.07, 6.45) is -1.66. The minimum absolute atomic E-state index is 0.0276. The van der Waals surface area contributed by atoms with Crippen LogP contribution in [0, 0.1) is 34.0 Å². The summed E-state index contributed by atoms with van der Waals surface area (Å²) >= 11 is 0. The Labute approximate surface area is 358 Å². The van der Waals surface area contributed by atoms with Gasteiger partial charge in [0, 0.05) is 88.9 Å². The van der Waals surface area contributed by atoms with Crippen LogP contribution in [0.3, 0.4) is 0 Å². The van der Waals surface area contributed by atoms with Crippen LogP contribution in [0.1, 0.15) is 126 Å². The number of carboxylic acid groups (broad SMARTS) is 7. The lowest BCUT2D eigenvalue weighted by atomic mass is 9.56. The number of rotatable bonds is 18. The lowest BCUT2D eigenvalue weighted by Crippen LogP contribution is -2.60. The third kappa shape index (κ3) is 8.43. The van der Waals surface area contributed by atoms with Gasteiger partial charge in [-0.1, -0.05) is 20.8 Å². The van der Waals surface area contributed by atoms with Gasteiger partial charge >= 0.3 is 41.8 Å². The van der Waals surface area contributed by atoms with Crippen LogP contribution in [0.2, 0.25) is 0 Å². The fraction of sp³-hybridized carbons (Fsp3) is 0.636. The number of carbonyl (C=O) groups is 7. The van der Waals surface area contributed by atoms with Gasteiger partial charge in [-0.3, -0.25) is 48.5 Å². The molecule has 1 saturated heterocycles. The van der Waals surface area contributed by atoms with E-state index in [1.54, 1.807) is 40.7 Å². The molecule has 5 aliphatic heterocycles. The van der Waals surface area contributed by atoms with E-state index in [2.05, 4.69) is 5.32 Å². The van der Waals surface area contributed by atoms with Crippen molar-refractivity contribution in [2.24, 2.45) is 49.0 Å². The monoisotopic (exact) mass is 866 g/mol. The first kappa shape index (κ1) is 47.4. The summed E-state index contributed by atoms with van der Waals surface area (Å²) in [6.45, 7) is 12.2. The number of nitrogens with one attached hydrogen (secondary N) is 1. The Kier molecular flexibility index (Phi) is 12.9. The lowest BCUT2D eigenvalue weighted by molar-refractivity contribution is -0.144. The van der Waals surface area contributed by atoms with Crippen LogP contribution in [-0.4, -0.2) is 112 Å². The van der Waals surface area contributed by atoms with Gasteiger partial charge in [0.05, 0.1) is 42.1 Å². The number of carboxylic acids is 7. The molecule has 5 rings (SSSR count). The second kappa shape index (κ2) is 16.9. The summed E-state index contributed by atoms with van der Waals surface area (Å²) < 4.78 is 0. The minimum Gasteiger partial charge on any atom is -0.481 e. The van der Waals surface area contributed by atoms with Crippen LogP contribution in [0.15, 0.2) is 49.2 Å². The minimum atomic E-state index is -1.50. The second-order valence-corrected chi connectivity index (χ2v) is 18.8. The number of hydrogen-bond donors (Lipinski definition) is 8. The molecule has 0 spiro atoms. The zero-order chi connectivity index (χ0) is 46.5. The molecule has 0 saturated carbocycles. The van der Waals surface area contributed by atoms with Gasteiger partial charge in [-0.25, -0.2) is 0 Å². The van der Waals surface area contributed by atoms with Crippen molar-refractivity contribution < 1.29 is 69.3 Å². The van der Waals surface area contributed by atoms with Gasteiger partial charge in [0.15, 0.2) is 0 Å². The Bertz CT molecular complexity index is 2190. The van der Waals surface area contributed by atoms with Crippen molar-refractivity contribution in [2.75, 3.05) is 0 Å². The summed E-state index contributed by atoms with van der Waals surface area (Å²) in [6, 6.07) is -1.08. The topological polar surface area (TPSA) is 310 Å². The van der Waals surface area contributed by atoms with Gasteiger partial charge in [-0.2, -0.15) is 0 Å². The summed E-state index contributed by atoms with van der Waals surface area (Å²) in [5.74, 6) is -10.8. The van der Waals surface area contributed by atoms with Gasteiger partial charge in [0.25, 0.3) is 0 Å². The Balaban J connectivity index is 1.95. The molecular formula is C44H58N4O14. The van der Waals surface area contributed by atoms with Crippen LogP contribution >= 0.6 is 0 Å². The number of aliphatic imine (C=N–C) groups is 3. The van der Waals surface area contributed by atoms with Gasteiger partial charge < -0.3 is 41.1 Å². The zero-order valence-electron chi connectivity index (χ0n) is 36.2. The van der Waals surface area contributed by atoms with E-state index in [0.717, 1.165) is 0 Å². The van der Waals surface area contributed by atoms with Crippen molar-refractivity contribution in [2.45, 2.75) is 143 Å². The van der Waals surface area contributed by atoms with Crippen molar-refractivity contribution in [3.8, 4) is 0 Å². The number of nitrogens with zero attached hydrogens (tertiary/aromatic N) is 3. The number of allylic oxidation sites excluding steroid dienone is 4. The molecule has 0 aliphatic carbocycles. The van der Waals surface area contributed by atoms with E-state index in [0.29, 0.717) is 39.5 Å². The van der Waals surface area contributed by atoms with Crippen LogP contribution in [0.4, 0.5) is 0 Å². The fourth-order valence-corrected chi connectivity index (χ4v) is 11.3. The van der Waals surface area contributed by atoms with E-state index in [-0.39, 0.29) is 57.1 Å². The summed E-state index contributed by atoms with van der Waals surface area (Å²) in [7, 11) is 0. The molecule has 1 fully saturated rings. The van der Waals surface area contributed by atoms with E-state index >= 15 is 0 Å². The molecule has 0 aromatic heterocycles. The highest BCUT2D eigenvalue weighted by Crippen LogP contribution is 2.61. The van der Waals surface area contributed by atoms with Crippen LogP contribution in [0.5, 0.6) is 0 Å². The van der Waals surface area contributed by atoms with Gasteiger partial charge in [-0.05, 0) is 76.2 Å². The van der Waals surface area contributed by atoms with Crippen LogP contribution < -0.4 is 5.32 Å². The summed E-state index contributed by atoms with van der Waals surface area (Å²) in [5.41, 5.74) is -3.33. The summed E-state index contributed by atoms with van der Waals surface area (Å²) in [5, 5.41) is 74.8. The largest absolute Gasteiger partial charge is 0.481 e. The van der Waals surface area contributed by atoms with E-state index in [1.807, 2.05) is 13.8 Å². The molecule has 18 heteroatoms. The van der Waals surface area contributed by atoms with Gasteiger partial charge in [0.1, 0.15) is 0 Å². The second-order valence-electron chi connectivity index (χ2n) is 18.8. The normalized spacial score (nSPS) is 33.7. The molecule has 0 aromatic carbocycles. The quantitative estimate of drug-likeness (QED) is 0.0847. The van der Waals surface area contributed by atoms with Crippen molar-refractivity contribution >= 4 is 58.9 Å².